The minimum atomic E-state index is -0.397. The highest BCUT2D eigenvalue weighted by Gasteiger charge is 2.14. The average Bonchev–Trinajstić information content (AvgIpc) is 2.81. The van der Waals surface area contributed by atoms with E-state index in [0.29, 0.717) is 5.69 Å². The van der Waals surface area contributed by atoms with Crippen LogP contribution in [0.4, 0.5) is 10.1 Å². The quantitative estimate of drug-likeness (QED) is 0.839. The first-order valence-electron chi connectivity index (χ1n) is 5.48. The number of hydrogen-bond donors (Lipinski definition) is 2. The number of nitrogens with one attached hydrogen (secondary N) is 1. The number of thiocarbonyl (C=S) groups is 1. The van der Waals surface area contributed by atoms with Crippen molar-refractivity contribution in [2.45, 2.75) is 13.0 Å². The summed E-state index contributed by atoms with van der Waals surface area (Å²) in [4.78, 5) is 1.24. The van der Waals surface area contributed by atoms with Gasteiger partial charge in [0.2, 0.25) is 0 Å². The normalized spacial score (nSPS) is 12.1. The van der Waals surface area contributed by atoms with Crippen LogP contribution in [0.1, 0.15) is 23.4 Å². The van der Waals surface area contributed by atoms with Crippen LogP contribution in [0.15, 0.2) is 35.7 Å². The fourth-order valence-electron chi connectivity index (χ4n) is 1.74. The lowest BCUT2D eigenvalue weighted by molar-refractivity contribution is 0.625. The molecule has 1 atom stereocenters. The van der Waals surface area contributed by atoms with Gasteiger partial charge in [-0.3, -0.25) is 0 Å². The number of rotatable bonds is 4. The molecule has 0 fully saturated rings. The van der Waals surface area contributed by atoms with Crippen LogP contribution < -0.4 is 11.1 Å². The van der Waals surface area contributed by atoms with Gasteiger partial charge < -0.3 is 11.1 Å². The second-order valence-electron chi connectivity index (χ2n) is 3.91. The zero-order valence-corrected chi connectivity index (χ0v) is 11.4. The molecule has 1 unspecified atom stereocenters. The Morgan fingerprint density at radius 3 is 2.78 bits per heavy atom. The topological polar surface area (TPSA) is 38.0 Å². The number of halogens is 1. The molecule has 0 aliphatic carbocycles. The number of thiophene rings is 1. The van der Waals surface area contributed by atoms with Crippen molar-refractivity contribution in [3.8, 4) is 0 Å². The van der Waals surface area contributed by atoms with E-state index in [1.54, 1.807) is 23.5 Å². The molecule has 5 heteroatoms. The van der Waals surface area contributed by atoms with E-state index < -0.39 is 5.82 Å². The second kappa shape index (κ2) is 5.46. The summed E-state index contributed by atoms with van der Waals surface area (Å²) in [6, 6.07) is 8.87. The Labute approximate surface area is 115 Å². The van der Waals surface area contributed by atoms with E-state index in [2.05, 4.69) is 5.32 Å². The molecule has 0 aliphatic rings. The first kappa shape index (κ1) is 13.0. The van der Waals surface area contributed by atoms with Crippen LogP contribution in [-0.2, 0) is 0 Å². The van der Waals surface area contributed by atoms with Gasteiger partial charge in [0, 0.05) is 10.6 Å². The van der Waals surface area contributed by atoms with Gasteiger partial charge in [0.15, 0.2) is 0 Å². The molecule has 18 heavy (non-hydrogen) atoms. The highest BCUT2D eigenvalue weighted by molar-refractivity contribution is 7.80. The van der Waals surface area contributed by atoms with Gasteiger partial charge in [-0.15, -0.1) is 11.3 Å². The SMILES string of the molecule is CC(Nc1cccc(F)c1C(N)=S)c1cccs1. The number of nitrogens with two attached hydrogens (primary N) is 1. The molecule has 1 aromatic heterocycles. The zero-order chi connectivity index (χ0) is 13.1. The third kappa shape index (κ3) is 2.68. The molecule has 0 saturated carbocycles. The second-order valence-corrected chi connectivity index (χ2v) is 5.33. The van der Waals surface area contributed by atoms with Gasteiger partial charge >= 0.3 is 0 Å². The Balaban J connectivity index is 2.29. The Bertz CT molecular complexity index is 552. The molecule has 1 heterocycles. The first-order chi connectivity index (χ1) is 8.59. The summed E-state index contributed by atoms with van der Waals surface area (Å²) in [5, 5.41) is 5.25. The maximum absolute atomic E-state index is 13.7. The molecule has 0 bridgehead atoms. The smallest absolute Gasteiger partial charge is 0.135 e. The Hall–Kier alpha value is -1.46. The molecule has 1 aromatic carbocycles. The Morgan fingerprint density at radius 2 is 2.17 bits per heavy atom. The molecular formula is C13H13FN2S2. The number of hydrogen-bond acceptors (Lipinski definition) is 3. The molecular weight excluding hydrogens is 267 g/mol. The van der Waals surface area contributed by atoms with Gasteiger partial charge in [-0.25, -0.2) is 4.39 Å². The van der Waals surface area contributed by atoms with E-state index in [-0.39, 0.29) is 16.6 Å². The number of anilines is 1. The molecule has 2 rings (SSSR count). The molecule has 0 aliphatic heterocycles. The maximum Gasteiger partial charge on any atom is 0.135 e. The summed E-state index contributed by atoms with van der Waals surface area (Å²) in [5.74, 6) is -0.397. The fraction of sp³-hybridized carbons (Fsp3) is 0.154. The van der Waals surface area contributed by atoms with E-state index in [1.807, 2.05) is 24.4 Å². The molecule has 0 spiro atoms. The van der Waals surface area contributed by atoms with E-state index in [1.165, 1.54) is 10.9 Å². The zero-order valence-electron chi connectivity index (χ0n) is 9.81. The van der Waals surface area contributed by atoms with E-state index in [9.17, 15) is 4.39 Å². The third-order valence-electron chi connectivity index (χ3n) is 2.60. The average molecular weight is 280 g/mol. The predicted octanol–water partition coefficient (Wildman–Crippen LogP) is 3.69. The van der Waals surface area contributed by atoms with Crippen molar-refractivity contribution in [1.82, 2.24) is 0 Å². The van der Waals surface area contributed by atoms with Crippen LogP contribution in [-0.4, -0.2) is 4.99 Å². The maximum atomic E-state index is 13.7. The number of benzene rings is 1. The minimum absolute atomic E-state index is 0.0639. The van der Waals surface area contributed by atoms with Crippen molar-refractivity contribution in [2.75, 3.05) is 5.32 Å². The van der Waals surface area contributed by atoms with Crippen molar-refractivity contribution in [3.63, 3.8) is 0 Å². The van der Waals surface area contributed by atoms with Gasteiger partial charge in [0.05, 0.1) is 11.6 Å². The summed E-state index contributed by atoms with van der Waals surface area (Å²) >= 11 is 6.54. The van der Waals surface area contributed by atoms with Crippen molar-refractivity contribution in [1.29, 1.82) is 0 Å². The van der Waals surface area contributed by atoms with E-state index in [0.717, 1.165) is 0 Å². The highest BCUT2D eigenvalue weighted by Crippen LogP contribution is 2.26. The predicted molar refractivity (Wildman–Crippen MR) is 78.6 cm³/mol. The summed E-state index contributed by atoms with van der Waals surface area (Å²) in [5.41, 5.74) is 6.47. The lowest BCUT2D eigenvalue weighted by Crippen LogP contribution is -2.16. The van der Waals surface area contributed by atoms with Crippen LogP contribution in [0.5, 0.6) is 0 Å². The van der Waals surface area contributed by atoms with Gasteiger partial charge in [0.25, 0.3) is 0 Å². The van der Waals surface area contributed by atoms with Crippen LogP contribution >= 0.6 is 23.6 Å². The lowest BCUT2D eigenvalue weighted by atomic mass is 10.1. The van der Waals surface area contributed by atoms with Crippen molar-refractivity contribution >= 4 is 34.2 Å². The van der Waals surface area contributed by atoms with E-state index >= 15 is 0 Å². The standard InChI is InChI=1S/C13H13FN2S2/c1-8(11-6-3-7-18-11)16-10-5-2-4-9(14)12(10)13(15)17/h2-8,16H,1H3,(H2,15,17). The van der Waals surface area contributed by atoms with Crippen LogP contribution in [0.3, 0.4) is 0 Å². The van der Waals surface area contributed by atoms with Gasteiger partial charge in [-0.1, -0.05) is 24.4 Å². The van der Waals surface area contributed by atoms with Gasteiger partial charge in [0.1, 0.15) is 10.8 Å². The largest absolute Gasteiger partial charge is 0.389 e. The third-order valence-corrected chi connectivity index (χ3v) is 3.86. The van der Waals surface area contributed by atoms with Gasteiger partial charge in [-0.2, -0.15) is 0 Å². The van der Waals surface area contributed by atoms with Gasteiger partial charge in [-0.05, 0) is 30.5 Å². The van der Waals surface area contributed by atoms with Crippen LogP contribution in [0.2, 0.25) is 0 Å². The molecule has 3 N–H and O–H groups in total. The summed E-state index contributed by atoms with van der Waals surface area (Å²) in [6.07, 6.45) is 0. The van der Waals surface area contributed by atoms with E-state index in [4.69, 9.17) is 18.0 Å². The fourth-order valence-corrected chi connectivity index (χ4v) is 2.68. The Kier molecular flexibility index (Phi) is 3.93. The lowest BCUT2D eigenvalue weighted by Gasteiger charge is -2.17. The highest BCUT2D eigenvalue weighted by atomic mass is 32.1. The summed E-state index contributed by atoms with van der Waals surface area (Å²) in [6.45, 7) is 2.01. The monoisotopic (exact) mass is 280 g/mol. The molecule has 0 radical (unpaired) electrons. The van der Waals surface area contributed by atoms with Crippen molar-refractivity contribution in [3.05, 3.63) is 52.0 Å². The molecule has 2 aromatic rings. The van der Waals surface area contributed by atoms with Crippen molar-refractivity contribution in [2.24, 2.45) is 5.73 Å². The van der Waals surface area contributed by atoms with Crippen LogP contribution in [0.25, 0.3) is 0 Å². The summed E-state index contributed by atoms with van der Waals surface area (Å²) < 4.78 is 13.7. The van der Waals surface area contributed by atoms with Crippen molar-refractivity contribution < 1.29 is 4.39 Å². The molecule has 94 valence electrons. The van der Waals surface area contributed by atoms with Crippen LogP contribution in [0, 0.1) is 5.82 Å². The Morgan fingerprint density at radius 1 is 1.39 bits per heavy atom. The first-order valence-corrected chi connectivity index (χ1v) is 6.76. The summed E-state index contributed by atoms with van der Waals surface area (Å²) in [7, 11) is 0. The molecule has 2 nitrogen and oxygen atoms in total. The molecule has 0 amide bonds. The molecule has 0 saturated heterocycles. The minimum Gasteiger partial charge on any atom is -0.389 e.